The molecule has 5 nitrogen and oxygen atoms in total. The van der Waals surface area contributed by atoms with Crippen LogP contribution in [0.3, 0.4) is 0 Å². The molecular formula is C25H23ClN2O3. The van der Waals surface area contributed by atoms with Crippen molar-refractivity contribution in [3.63, 3.8) is 0 Å². The Morgan fingerprint density at radius 1 is 0.968 bits per heavy atom. The highest BCUT2D eigenvalue weighted by atomic mass is 35.5. The van der Waals surface area contributed by atoms with Crippen LogP contribution < -0.4 is 4.74 Å². The summed E-state index contributed by atoms with van der Waals surface area (Å²) in [5.41, 5.74) is 3.82. The van der Waals surface area contributed by atoms with Gasteiger partial charge in [-0.15, -0.1) is 0 Å². The molecule has 0 spiro atoms. The monoisotopic (exact) mass is 434 g/mol. The summed E-state index contributed by atoms with van der Waals surface area (Å²) in [6.07, 6.45) is 2.52. The Morgan fingerprint density at radius 2 is 1.74 bits per heavy atom. The van der Waals surface area contributed by atoms with E-state index >= 15 is 0 Å². The molecule has 0 unspecified atom stereocenters. The standard InChI is InChI=1S/C25H23ClN2O3/c26-19-10-12-20(13-11-19)28-23-17-21(31-16-6-2-5-9-24(29)30)14-15-22(23)27-25(28)18-7-3-1-4-8-18/h1,3-4,7-8,10-15,17H,2,5-6,9,16H2,(H,29,30). The number of fused-ring (bicyclic) bond motifs is 1. The zero-order valence-corrected chi connectivity index (χ0v) is 17.8. The number of hydrogen-bond donors (Lipinski definition) is 1. The van der Waals surface area contributed by atoms with Gasteiger partial charge < -0.3 is 9.84 Å². The first-order valence-corrected chi connectivity index (χ1v) is 10.7. The van der Waals surface area contributed by atoms with Gasteiger partial charge >= 0.3 is 5.97 Å². The van der Waals surface area contributed by atoms with E-state index in [1.807, 2.05) is 72.8 Å². The Labute approximate surface area is 185 Å². The molecule has 0 amide bonds. The fourth-order valence-electron chi connectivity index (χ4n) is 3.52. The lowest BCUT2D eigenvalue weighted by molar-refractivity contribution is -0.137. The van der Waals surface area contributed by atoms with Gasteiger partial charge in [0.05, 0.1) is 17.6 Å². The minimum atomic E-state index is -0.754. The molecular weight excluding hydrogens is 412 g/mol. The molecule has 0 atom stereocenters. The van der Waals surface area contributed by atoms with E-state index in [-0.39, 0.29) is 6.42 Å². The smallest absolute Gasteiger partial charge is 0.303 e. The number of carboxylic acids is 1. The number of imidazole rings is 1. The number of carbonyl (C=O) groups is 1. The minimum Gasteiger partial charge on any atom is -0.494 e. The highest BCUT2D eigenvalue weighted by molar-refractivity contribution is 6.30. The normalized spacial score (nSPS) is 11.0. The van der Waals surface area contributed by atoms with Crippen LogP contribution in [-0.4, -0.2) is 27.2 Å². The number of ether oxygens (including phenoxy) is 1. The summed E-state index contributed by atoms with van der Waals surface area (Å²) in [6, 6.07) is 23.7. The Kier molecular flexibility index (Phi) is 6.53. The lowest BCUT2D eigenvalue weighted by Gasteiger charge is -2.11. The molecule has 0 aliphatic rings. The number of benzene rings is 3. The molecule has 0 saturated carbocycles. The molecule has 0 fully saturated rings. The highest BCUT2D eigenvalue weighted by Crippen LogP contribution is 2.31. The van der Waals surface area contributed by atoms with E-state index in [9.17, 15) is 4.79 Å². The molecule has 31 heavy (non-hydrogen) atoms. The molecule has 4 aromatic rings. The highest BCUT2D eigenvalue weighted by Gasteiger charge is 2.15. The van der Waals surface area contributed by atoms with Crippen molar-refractivity contribution < 1.29 is 14.6 Å². The molecule has 6 heteroatoms. The van der Waals surface area contributed by atoms with Crippen molar-refractivity contribution in [2.75, 3.05) is 6.61 Å². The van der Waals surface area contributed by atoms with E-state index in [1.54, 1.807) is 0 Å². The van der Waals surface area contributed by atoms with Crippen molar-refractivity contribution in [1.29, 1.82) is 0 Å². The molecule has 0 aliphatic heterocycles. The fraction of sp³-hybridized carbons (Fsp3) is 0.200. The summed E-state index contributed by atoms with van der Waals surface area (Å²) in [4.78, 5) is 15.5. The van der Waals surface area contributed by atoms with Crippen LogP contribution in [0.4, 0.5) is 0 Å². The molecule has 1 N–H and O–H groups in total. The van der Waals surface area contributed by atoms with Gasteiger partial charge in [-0.3, -0.25) is 9.36 Å². The second kappa shape index (κ2) is 9.67. The van der Waals surface area contributed by atoms with Crippen LogP contribution in [0, 0.1) is 0 Å². The van der Waals surface area contributed by atoms with Crippen molar-refractivity contribution in [2.45, 2.75) is 25.7 Å². The van der Waals surface area contributed by atoms with Crippen molar-refractivity contribution in [3.05, 3.63) is 77.8 Å². The first-order chi connectivity index (χ1) is 15.1. The van der Waals surface area contributed by atoms with Gasteiger partial charge in [-0.1, -0.05) is 41.9 Å². The predicted octanol–water partition coefficient (Wildman–Crippen LogP) is 6.37. The quantitative estimate of drug-likeness (QED) is 0.311. The molecule has 1 heterocycles. The molecule has 4 rings (SSSR count). The van der Waals surface area contributed by atoms with Crippen molar-refractivity contribution in [2.24, 2.45) is 0 Å². The molecule has 0 bridgehead atoms. The molecule has 0 saturated heterocycles. The molecule has 0 radical (unpaired) electrons. The van der Waals surface area contributed by atoms with Crippen LogP contribution in [0.15, 0.2) is 72.8 Å². The lowest BCUT2D eigenvalue weighted by atomic mass is 10.2. The van der Waals surface area contributed by atoms with Crippen molar-refractivity contribution >= 4 is 28.6 Å². The topological polar surface area (TPSA) is 64.3 Å². The van der Waals surface area contributed by atoms with Gasteiger partial charge in [0.2, 0.25) is 0 Å². The van der Waals surface area contributed by atoms with E-state index in [2.05, 4.69) is 4.57 Å². The van der Waals surface area contributed by atoms with Gasteiger partial charge in [0, 0.05) is 28.8 Å². The first kappa shape index (κ1) is 20.9. The molecule has 0 aliphatic carbocycles. The summed E-state index contributed by atoms with van der Waals surface area (Å²) in [5.74, 6) is 0.861. The number of rotatable bonds is 9. The maximum absolute atomic E-state index is 10.6. The van der Waals surface area contributed by atoms with E-state index in [1.165, 1.54) is 0 Å². The second-order valence-corrected chi connectivity index (χ2v) is 7.75. The Balaban J connectivity index is 1.63. The first-order valence-electron chi connectivity index (χ1n) is 10.3. The Hall–Kier alpha value is -3.31. The second-order valence-electron chi connectivity index (χ2n) is 7.32. The SMILES string of the molecule is O=C(O)CCCCCOc1ccc2nc(-c3ccccc3)n(-c3ccc(Cl)cc3)c2c1. The third-order valence-electron chi connectivity index (χ3n) is 5.05. The van der Waals surface area contributed by atoms with Gasteiger partial charge in [0.15, 0.2) is 0 Å². The molecule has 158 valence electrons. The summed E-state index contributed by atoms with van der Waals surface area (Å²) >= 11 is 6.11. The van der Waals surface area contributed by atoms with Crippen LogP contribution in [0.1, 0.15) is 25.7 Å². The number of aliphatic carboxylic acids is 1. The summed E-state index contributed by atoms with van der Waals surface area (Å²) in [5, 5.41) is 9.40. The number of carboxylic acid groups (broad SMARTS) is 1. The number of unbranched alkanes of at least 4 members (excludes halogenated alkanes) is 2. The Bertz CT molecular complexity index is 1170. The third kappa shape index (κ3) is 5.06. The zero-order chi connectivity index (χ0) is 21.6. The van der Waals surface area contributed by atoms with Crippen LogP contribution in [0.2, 0.25) is 5.02 Å². The number of aromatic nitrogens is 2. The van der Waals surface area contributed by atoms with Gasteiger partial charge in [-0.05, 0) is 55.7 Å². The molecule has 3 aromatic carbocycles. The van der Waals surface area contributed by atoms with E-state index in [0.717, 1.165) is 46.7 Å². The van der Waals surface area contributed by atoms with Gasteiger partial charge in [0.1, 0.15) is 11.6 Å². The van der Waals surface area contributed by atoms with E-state index in [4.69, 9.17) is 26.4 Å². The average Bonchev–Trinajstić information content (AvgIpc) is 3.16. The predicted molar refractivity (Wildman–Crippen MR) is 123 cm³/mol. The Morgan fingerprint density at radius 3 is 2.48 bits per heavy atom. The van der Waals surface area contributed by atoms with Gasteiger partial charge in [-0.2, -0.15) is 0 Å². The zero-order valence-electron chi connectivity index (χ0n) is 17.0. The largest absolute Gasteiger partial charge is 0.494 e. The average molecular weight is 435 g/mol. The number of halogens is 1. The fourth-order valence-corrected chi connectivity index (χ4v) is 3.65. The summed E-state index contributed by atoms with van der Waals surface area (Å²) in [6.45, 7) is 0.547. The van der Waals surface area contributed by atoms with Crippen LogP contribution in [0.5, 0.6) is 5.75 Å². The van der Waals surface area contributed by atoms with E-state index < -0.39 is 5.97 Å². The summed E-state index contributed by atoms with van der Waals surface area (Å²) in [7, 11) is 0. The molecule has 1 aromatic heterocycles. The van der Waals surface area contributed by atoms with Gasteiger partial charge in [-0.25, -0.2) is 4.98 Å². The minimum absolute atomic E-state index is 0.203. The summed E-state index contributed by atoms with van der Waals surface area (Å²) < 4.78 is 8.05. The van der Waals surface area contributed by atoms with Crippen LogP contribution in [-0.2, 0) is 4.79 Å². The van der Waals surface area contributed by atoms with Crippen molar-refractivity contribution in [3.8, 4) is 22.8 Å². The maximum Gasteiger partial charge on any atom is 0.303 e. The van der Waals surface area contributed by atoms with E-state index in [0.29, 0.717) is 18.1 Å². The van der Waals surface area contributed by atoms with Crippen LogP contribution in [0.25, 0.3) is 28.1 Å². The van der Waals surface area contributed by atoms with Gasteiger partial charge in [0.25, 0.3) is 0 Å². The lowest BCUT2D eigenvalue weighted by Crippen LogP contribution is -2.00. The van der Waals surface area contributed by atoms with Crippen LogP contribution >= 0.6 is 11.6 Å². The van der Waals surface area contributed by atoms with Crippen molar-refractivity contribution in [1.82, 2.24) is 9.55 Å². The number of hydrogen-bond acceptors (Lipinski definition) is 3. The third-order valence-corrected chi connectivity index (χ3v) is 5.30. The number of nitrogens with zero attached hydrogens (tertiary/aromatic N) is 2. The maximum atomic E-state index is 10.6.